The van der Waals surface area contributed by atoms with Crippen LogP contribution in [0.5, 0.6) is 0 Å². The summed E-state index contributed by atoms with van der Waals surface area (Å²) in [5.74, 6) is -0.934. The standard InChI is InChI=1S/C25H31N3O5/c1-6-14-28(24(31)22(27-25(32)33-5)19-10-8-7-9-11-19)17(3)23(30)26-21-15-20(18(4)29)13-12-16(21)2/h7-13,15,17,22H,6,14H2,1-5H3,(H,26,30)(H,27,32). The largest absolute Gasteiger partial charge is 0.453 e. The number of Topliss-reactive ketones (excluding diaryl/α,β-unsaturated/α-hetero) is 1. The third-order valence-corrected chi connectivity index (χ3v) is 5.32. The first-order valence-electron chi connectivity index (χ1n) is 10.8. The van der Waals surface area contributed by atoms with Crippen LogP contribution < -0.4 is 10.6 Å². The fourth-order valence-electron chi connectivity index (χ4n) is 3.37. The van der Waals surface area contributed by atoms with Crippen molar-refractivity contribution in [2.24, 2.45) is 0 Å². The van der Waals surface area contributed by atoms with Gasteiger partial charge >= 0.3 is 6.09 Å². The quantitative estimate of drug-likeness (QED) is 0.561. The number of alkyl carbamates (subject to hydrolysis) is 1. The van der Waals surface area contributed by atoms with Crippen molar-refractivity contribution >= 4 is 29.4 Å². The number of hydrogen-bond acceptors (Lipinski definition) is 5. The Morgan fingerprint density at radius 1 is 1.06 bits per heavy atom. The molecule has 0 saturated heterocycles. The summed E-state index contributed by atoms with van der Waals surface area (Å²) in [5.41, 5.74) is 2.36. The van der Waals surface area contributed by atoms with Gasteiger partial charge in [-0.1, -0.05) is 49.4 Å². The Hall–Kier alpha value is -3.68. The van der Waals surface area contributed by atoms with Gasteiger partial charge in [0.25, 0.3) is 5.91 Å². The number of carbonyl (C=O) groups is 4. The molecular weight excluding hydrogens is 422 g/mol. The van der Waals surface area contributed by atoms with Crippen LogP contribution in [0.4, 0.5) is 10.5 Å². The van der Waals surface area contributed by atoms with E-state index in [1.807, 2.05) is 13.8 Å². The average Bonchev–Trinajstić information content (AvgIpc) is 2.81. The molecular formula is C25H31N3O5. The zero-order valence-electron chi connectivity index (χ0n) is 19.7. The highest BCUT2D eigenvalue weighted by Gasteiger charge is 2.33. The minimum Gasteiger partial charge on any atom is -0.453 e. The topological polar surface area (TPSA) is 105 Å². The van der Waals surface area contributed by atoms with Crippen LogP contribution in [0.25, 0.3) is 0 Å². The van der Waals surface area contributed by atoms with Crippen molar-refractivity contribution in [1.29, 1.82) is 0 Å². The van der Waals surface area contributed by atoms with Crippen molar-refractivity contribution in [3.63, 3.8) is 0 Å². The SMILES string of the molecule is CCCN(C(=O)C(NC(=O)OC)c1ccccc1)C(C)C(=O)Nc1cc(C(C)=O)ccc1C. The van der Waals surface area contributed by atoms with Gasteiger partial charge in [0, 0.05) is 17.8 Å². The number of nitrogens with zero attached hydrogens (tertiary/aromatic N) is 1. The van der Waals surface area contributed by atoms with E-state index in [0.29, 0.717) is 29.8 Å². The van der Waals surface area contributed by atoms with E-state index in [1.54, 1.807) is 55.5 Å². The number of ether oxygens (including phenoxy) is 1. The number of nitrogens with one attached hydrogen (secondary N) is 2. The zero-order chi connectivity index (χ0) is 24.5. The van der Waals surface area contributed by atoms with Gasteiger partial charge in [-0.05, 0) is 44.4 Å². The molecule has 8 nitrogen and oxygen atoms in total. The van der Waals surface area contributed by atoms with Gasteiger partial charge in [-0.15, -0.1) is 0 Å². The summed E-state index contributed by atoms with van der Waals surface area (Å²) in [7, 11) is 1.22. The third kappa shape index (κ3) is 6.65. The summed E-state index contributed by atoms with van der Waals surface area (Å²) >= 11 is 0. The second kappa shape index (κ2) is 11.8. The molecule has 2 atom stereocenters. The van der Waals surface area contributed by atoms with E-state index in [2.05, 4.69) is 10.6 Å². The Morgan fingerprint density at radius 3 is 2.30 bits per heavy atom. The number of anilines is 1. The first-order valence-corrected chi connectivity index (χ1v) is 10.8. The molecule has 0 fully saturated rings. The number of methoxy groups -OCH3 is 1. The minimum atomic E-state index is -1.01. The van der Waals surface area contributed by atoms with Gasteiger partial charge in [0.15, 0.2) is 5.78 Å². The summed E-state index contributed by atoms with van der Waals surface area (Å²) in [4.78, 5) is 51.7. The van der Waals surface area contributed by atoms with Crippen molar-refractivity contribution < 1.29 is 23.9 Å². The highest BCUT2D eigenvalue weighted by molar-refractivity contribution is 6.00. The van der Waals surface area contributed by atoms with Crippen LogP contribution in [0, 0.1) is 6.92 Å². The normalized spacial score (nSPS) is 12.3. The molecule has 0 aromatic heterocycles. The van der Waals surface area contributed by atoms with Crippen LogP contribution in [0.1, 0.15) is 54.7 Å². The number of hydrogen-bond donors (Lipinski definition) is 2. The predicted octanol–water partition coefficient (Wildman–Crippen LogP) is 3.86. The summed E-state index contributed by atoms with van der Waals surface area (Å²) < 4.78 is 4.70. The number of amides is 3. The molecule has 0 aliphatic carbocycles. The van der Waals surface area contributed by atoms with Crippen LogP contribution in [0.15, 0.2) is 48.5 Å². The Balaban J connectivity index is 2.31. The fourth-order valence-corrected chi connectivity index (χ4v) is 3.37. The van der Waals surface area contributed by atoms with Crippen LogP contribution in [0.2, 0.25) is 0 Å². The second-order valence-corrected chi connectivity index (χ2v) is 7.76. The first-order chi connectivity index (χ1) is 15.7. The lowest BCUT2D eigenvalue weighted by molar-refractivity contribution is -0.140. The molecule has 0 aliphatic rings. The molecule has 8 heteroatoms. The Bertz CT molecular complexity index is 1010. The predicted molar refractivity (Wildman–Crippen MR) is 126 cm³/mol. The van der Waals surface area contributed by atoms with E-state index in [9.17, 15) is 19.2 Å². The molecule has 2 aromatic rings. The van der Waals surface area contributed by atoms with Crippen LogP contribution in [-0.2, 0) is 14.3 Å². The third-order valence-electron chi connectivity index (χ3n) is 5.32. The molecule has 0 aliphatic heterocycles. The molecule has 2 N–H and O–H groups in total. The van der Waals surface area contributed by atoms with Crippen LogP contribution in [-0.4, -0.2) is 48.3 Å². The molecule has 0 saturated carbocycles. The number of ketones is 1. The minimum absolute atomic E-state index is 0.110. The molecule has 2 unspecified atom stereocenters. The zero-order valence-corrected chi connectivity index (χ0v) is 19.7. The van der Waals surface area contributed by atoms with E-state index in [0.717, 1.165) is 5.56 Å². The van der Waals surface area contributed by atoms with Crippen molar-refractivity contribution in [3.8, 4) is 0 Å². The Labute approximate surface area is 194 Å². The van der Waals surface area contributed by atoms with Gasteiger partial charge in [-0.25, -0.2) is 4.79 Å². The van der Waals surface area contributed by atoms with Gasteiger partial charge in [0.1, 0.15) is 12.1 Å². The highest BCUT2D eigenvalue weighted by Crippen LogP contribution is 2.21. The number of carbonyl (C=O) groups excluding carboxylic acids is 4. The van der Waals surface area contributed by atoms with Crippen LogP contribution in [0.3, 0.4) is 0 Å². The van der Waals surface area contributed by atoms with Gasteiger partial charge < -0.3 is 20.3 Å². The molecule has 33 heavy (non-hydrogen) atoms. The second-order valence-electron chi connectivity index (χ2n) is 7.76. The molecule has 0 bridgehead atoms. The van der Waals surface area contributed by atoms with E-state index >= 15 is 0 Å². The maximum absolute atomic E-state index is 13.5. The van der Waals surface area contributed by atoms with E-state index in [1.165, 1.54) is 18.9 Å². The fraction of sp³-hybridized carbons (Fsp3) is 0.360. The molecule has 2 aromatic carbocycles. The van der Waals surface area contributed by atoms with E-state index < -0.39 is 30.0 Å². The average molecular weight is 454 g/mol. The first kappa shape index (κ1) is 25.6. The maximum atomic E-state index is 13.5. The lowest BCUT2D eigenvalue weighted by Crippen LogP contribution is -2.50. The van der Waals surface area contributed by atoms with E-state index in [4.69, 9.17) is 4.74 Å². The summed E-state index contributed by atoms with van der Waals surface area (Å²) in [6.45, 7) is 7.12. The van der Waals surface area contributed by atoms with Gasteiger partial charge in [-0.2, -0.15) is 0 Å². The maximum Gasteiger partial charge on any atom is 0.407 e. The number of rotatable bonds is 9. The smallest absolute Gasteiger partial charge is 0.407 e. The van der Waals surface area contributed by atoms with Gasteiger partial charge in [0.05, 0.1) is 7.11 Å². The molecule has 2 rings (SSSR count). The van der Waals surface area contributed by atoms with Crippen molar-refractivity contribution in [2.75, 3.05) is 19.0 Å². The van der Waals surface area contributed by atoms with Crippen LogP contribution >= 0.6 is 0 Å². The van der Waals surface area contributed by atoms with Gasteiger partial charge in [0.2, 0.25) is 5.91 Å². The van der Waals surface area contributed by atoms with Crippen molar-refractivity contribution in [1.82, 2.24) is 10.2 Å². The van der Waals surface area contributed by atoms with Crippen molar-refractivity contribution in [2.45, 2.75) is 46.2 Å². The summed E-state index contributed by atoms with van der Waals surface area (Å²) in [6, 6.07) is 12.0. The molecule has 176 valence electrons. The summed E-state index contributed by atoms with van der Waals surface area (Å²) in [6.07, 6.45) is -0.135. The highest BCUT2D eigenvalue weighted by atomic mass is 16.5. The lowest BCUT2D eigenvalue weighted by atomic mass is 10.0. The Kier molecular flexibility index (Phi) is 9.15. The summed E-state index contributed by atoms with van der Waals surface area (Å²) in [5, 5.41) is 5.41. The van der Waals surface area contributed by atoms with E-state index in [-0.39, 0.29) is 5.78 Å². The monoisotopic (exact) mass is 453 g/mol. The molecule has 0 spiro atoms. The molecule has 0 heterocycles. The lowest BCUT2D eigenvalue weighted by Gasteiger charge is -2.32. The number of benzene rings is 2. The Morgan fingerprint density at radius 2 is 1.73 bits per heavy atom. The molecule has 3 amide bonds. The van der Waals surface area contributed by atoms with Gasteiger partial charge in [-0.3, -0.25) is 14.4 Å². The van der Waals surface area contributed by atoms with Crippen molar-refractivity contribution in [3.05, 3.63) is 65.2 Å². The number of aryl methyl sites for hydroxylation is 1. The molecule has 0 radical (unpaired) electrons.